The van der Waals surface area contributed by atoms with Crippen molar-refractivity contribution in [3.8, 4) is 0 Å². The molecule has 0 aromatic carbocycles. The highest BCUT2D eigenvalue weighted by atomic mass is 32.2. The van der Waals surface area contributed by atoms with E-state index in [4.69, 9.17) is 13.7 Å². The van der Waals surface area contributed by atoms with Crippen LogP contribution in [0.2, 0.25) is 0 Å². The van der Waals surface area contributed by atoms with E-state index in [1.54, 1.807) is 0 Å². The van der Waals surface area contributed by atoms with Crippen LogP contribution in [0.1, 0.15) is 32.6 Å². The van der Waals surface area contributed by atoms with Crippen molar-refractivity contribution < 1.29 is 26.9 Å². The SMILES string of the molecule is C=C1C(=O)O[C@H]2[C@H]1CC/C(COS(C)(=O)=O)=C\CC[C@@]1(C)O[C@@H]21. The van der Waals surface area contributed by atoms with Gasteiger partial charge in [0, 0.05) is 11.5 Å². The molecular formula is C16H22O6S. The number of hydrogen-bond acceptors (Lipinski definition) is 6. The molecule has 1 aliphatic carbocycles. The van der Waals surface area contributed by atoms with Crippen molar-refractivity contribution >= 4 is 16.1 Å². The van der Waals surface area contributed by atoms with E-state index in [9.17, 15) is 13.2 Å². The third kappa shape index (κ3) is 3.51. The molecule has 0 aromatic rings. The van der Waals surface area contributed by atoms with Crippen LogP contribution in [0.5, 0.6) is 0 Å². The van der Waals surface area contributed by atoms with E-state index in [-0.39, 0.29) is 36.3 Å². The molecule has 2 fully saturated rings. The molecule has 2 heterocycles. The van der Waals surface area contributed by atoms with Crippen LogP contribution in [0.4, 0.5) is 0 Å². The molecule has 0 saturated carbocycles. The quantitative estimate of drug-likeness (QED) is 0.255. The number of epoxide rings is 1. The van der Waals surface area contributed by atoms with E-state index in [2.05, 4.69) is 6.58 Å². The average molecular weight is 342 g/mol. The predicted molar refractivity (Wildman–Crippen MR) is 83.1 cm³/mol. The van der Waals surface area contributed by atoms with Gasteiger partial charge in [-0.05, 0) is 38.2 Å². The predicted octanol–water partition coefficient (Wildman–Crippen LogP) is 1.72. The number of ether oxygens (including phenoxy) is 2. The number of carbonyl (C=O) groups is 1. The molecule has 128 valence electrons. The monoisotopic (exact) mass is 342 g/mol. The molecule has 4 atom stereocenters. The fraction of sp³-hybridized carbons (Fsp3) is 0.688. The number of esters is 1. The van der Waals surface area contributed by atoms with Crippen molar-refractivity contribution in [2.24, 2.45) is 5.92 Å². The topological polar surface area (TPSA) is 82.2 Å². The van der Waals surface area contributed by atoms with Crippen LogP contribution in [0.25, 0.3) is 0 Å². The maximum atomic E-state index is 11.8. The van der Waals surface area contributed by atoms with Crippen LogP contribution in [0.15, 0.2) is 23.8 Å². The van der Waals surface area contributed by atoms with Crippen molar-refractivity contribution in [2.75, 3.05) is 12.9 Å². The molecule has 23 heavy (non-hydrogen) atoms. The molecule has 3 rings (SSSR count). The summed E-state index contributed by atoms with van der Waals surface area (Å²) in [4.78, 5) is 11.8. The lowest BCUT2D eigenvalue weighted by Gasteiger charge is -2.19. The smallest absolute Gasteiger partial charge is 0.334 e. The van der Waals surface area contributed by atoms with Crippen molar-refractivity contribution in [3.05, 3.63) is 23.8 Å². The molecule has 0 bridgehead atoms. The summed E-state index contributed by atoms with van der Waals surface area (Å²) >= 11 is 0. The van der Waals surface area contributed by atoms with Gasteiger partial charge in [-0.1, -0.05) is 12.7 Å². The maximum absolute atomic E-state index is 11.8. The third-order valence-corrected chi connectivity index (χ3v) is 5.44. The molecule has 7 heteroatoms. The molecule has 0 unspecified atom stereocenters. The number of rotatable bonds is 3. The van der Waals surface area contributed by atoms with Crippen LogP contribution >= 0.6 is 0 Å². The summed E-state index contributed by atoms with van der Waals surface area (Å²) in [6.45, 7) is 5.93. The van der Waals surface area contributed by atoms with Crippen molar-refractivity contribution in [2.45, 2.75) is 50.4 Å². The second kappa shape index (κ2) is 5.72. The molecule has 6 nitrogen and oxygen atoms in total. The van der Waals surface area contributed by atoms with Crippen molar-refractivity contribution in [1.29, 1.82) is 0 Å². The third-order valence-electron chi connectivity index (χ3n) is 4.90. The minimum absolute atomic E-state index is 0.0541. The molecule has 2 saturated heterocycles. The molecule has 0 radical (unpaired) electrons. The minimum atomic E-state index is -3.47. The highest BCUT2D eigenvalue weighted by Gasteiger charge is 2.61. The van der Waals surface area contributed by atoms with Gasteiger partial charge in [-0.2, -0.15) is 8.42 Å². The molecule has 2 aliphatic heterocycles. The first kappa shape index (κ1) is 16.7. The van der Waals surface area contributed by atoms with Gasteiger partial charge in [0.05, 0.1) is 18.5 Å². The lowest BCUT2D eigenvalue weighted by molar-refractivity contribution is -0.140. The van der Waals surface area contributed by atoms with Gasteiger partial charge in [-0.3, -0.25) is 4.18 Å². The zero-order valence-corrected chi connectivity index (χ0v) is 14.2. The summed E-state index contributed by atoms with van der Waals surface area (Å²) in [6, 6.07) is 0. The lowest BCUT2D eigenvalue weighted by Crippen LogP contribution is -2.29. The van der Waals surface area contributed by atoms with Gasteiger partial charge < -0.3 is 9.47 Å². The lowest BCUT2D eigenvalue weighted by atomic mass is 9.84. The van der Waals surface area contributed by atoms with Crippen LogP contribution in [0.3, 0.4) is 0 Å². The van der Waals surface area contributed by atoms with Crippen molar-refractivity contribution in [3.63, 3.8) is 0 Å². The summed E-state index contributed by atoms with van der Waals surface area (Å²) < 4.78 is 38.6. The van der Waals surface area contributed by atoms with Gasteiger partial charge in [0.1, 0.15) is 12.2 Å². The van der Waals surface area contributed by atoms with Crippen LogP contribution in [0, 0.1) is 5.92 Å². The summed E-state index contributed by atoms with van der Waals surface area (Å²) in [5, 5.41) is 0. The van der Waals surface area contributed by atoms with E-state index < -0.39 is 10.1 Å². The molecule has 0 N–H and O–H groups in total. The molecule has 0 spiro atoms. The maximum Gasteiger partial charge on any atom is 0.334 e. The molecule has 3 aliphatic rings. The van der Waals surface area contributed by atoms with E-state index in [0.717, 1.165) is 24.7 Å². The second-order valence-electron chi connectivity index (χ2n) is 6.76. The number of carbonyl (C=O) groups excluding carboxylic acids is 1. The largest absolute Gasteiger partial charge is 0.455 e. The number of fused-ring (bicyclic) bond motifs is 3. The molecule has 0 amide bonds. The van der Waals surface area contributed by atoms with Crippen LogP contribution in [-0.2, 0) is 28.6 Å². The first-order chi connectivity index (χ1) is 10.7. The summed E-state index contributed by atoms with van der Waals surface area (Å²) in [7, 11) is -3.47. The summed E-state index contributed by atoms with van der Waals surface area (Å²) in [6.07, 6.45) is 5.61. The van der Waals surface area contributed by atoms with Gasteiger partial charge >= 0.3 is 5.97 Å². The summed E-state index contributed by atoms with van der Waals surface area (Å²) in [5.41, 5.74) is 1.12. The van der Waals surface area contributed by atoms with Crippen LogP contribution in [-0.4, -0.2) is 45.1 Å². The highest BCUT2D eigenvalue weighted by Crippen LogP contribution is 2.49. The fourth-order valence-electron chi connectivity index (χ4n) is 3.43. The Balaban J connectivity index is 1.77. The Labute approximate surface area is 136 Å². The van der Waals surface area contributed by atoms with Gasteiger partial charge in [0.2, 0.25) is 0 Å². The summed E-state index contributed by atoms with van der Waals surface area (Å²) in [5.74, 6) is -0.441. The Morgan fingerprint density at radius 3 is 2.91 bits per heavy atom. The standard InChI is InChI=1S/C16H22O6S/c1-10-12-7-6-11(9-20-23(3,18)19)5-4-8-16(2)14(22-16)13(12)21-15(10)17/h5,12-14H,1,4,6-9H2,2-3H3/b11-5+/t12-,13-,14-,16+/m0/s1. The number of hydrogen-bond donors (Lipinski definition) is 0. The Hall–Kier alpha value is -1.18. The number of allylic oxidation sites excluding steroid dienone is 1. The van der Waals surface area contributed by atoms with E-state index in [1.165, 1.54) is 0 Å². The first-order valence-electron chi connectivity index (χ1n) is 7.79. The normalized spacial score (nSPS) is 39.7. The Bertz CT molecular complexity index is 664. The highest BCUT2D eigenvalue weighted by molar-refractivity contribution is 7.85. The first-order valence-corrected chi connectivity index (χ1v) is 9.61. The molecule has 0 aromatic heterocycles. The Morgan fingerprint density at radius 1 is 1.48 bits per heavy atom. The fourth-order valence-corrected chi connectivity index (χ4v) is 3.80. The van der Waals surface area contributed by atoms with Gasteiger partial charge in [-0.15, -0.1) is 0 Å². The Kier molecular flexibility index (Phi) is 4.14. The van der Waals surface area contributed by atoms with Gasteiger partial charge in [0.15, 0.2) is 0 Å². The van der Waals surface area contributed by atoms with E-state index >= 15 is 0 Å². The molecular weight excluding hydrogens is 320 g/mol. The average Bonchev–Trinajstić information content (AvgIpc) is 3.04. The Morgan fingerprint density at radius 2 is 2.22 bits per heavy atom. The van der Waals surface area contributed by atoms with E-state index in [0.29, 0.717) is 18.4 Å². The zero-order chi connectivity index (χ0) is 16.8. The zero-order valence-electron chi connectivity index (χ0n) is 13.4. The van der Waals surface area contributed by atoms with Crippen LogP contribution < -0.4 is 0 Å². The van der Waals surface area contributed by atoms with Gasteiger partial charge in [-0.25, -0.2) is 4.79 Å². The van der Waals surface area contributed by atoms with E-state index in [1.807, 2.05) is 13.0 Å². The van der Waals surface area contributed by atoms with Crippen molar-refractivity contribution in [1.82, 2.24) is 0 Å². The minimum Gasteiger partial charge on any atom is -0.455 e. The van der Waals surface area contributed by atoms with Gasteiger partial charge in [0.25, 0.3) is 10.1 Å². The second-order valence-corrected chi connectivity index (χ2v) is 8.40.